The molecule has 0 saturated carbocycles. The van der Waals surface area contributed by atoms with Gasteiger partial charge in [0.2, 0.25) is 5.28 Å². The number of carbonyl (C=O) groups is 1. The van der Waals surface area contributed by atoms with Crippen LogP contribution in [0, 0.1) is 6.92 Å². The number of aromatic nitrogens is 2. The van der Waals surface area contributed by atoms with Crippen LogP contribution in [0.3, 0.4) is 0 Å². The minimum atomic E-state index is -0.360. The molecule has 0 aliphatic carbocycles. The second-order valence-corrected chi connectivity index (χ2v) is 5.85. The maximum Gasteiger partial charge on any atom is 0.269 e. The average molecular weight is 373 g/mol. The number of hydrogen-bond donors (Lipinski definition) is 2. The molecule has 7 nitrogen and oxygen atoms in total. The van der Waals surface area contributed by atoms with Gasteiger partial charge >= 0.3 is 0 Å². The molecule has 26 heavy (non-hydrogen) atoms. The van der Waals surface area contributed by atoms with E-state index in [9.17, 15) is 4.79 Å². The Morgan fingerprint density at radius 3 is 2.54 bits per heavy atom. The first-order valence-electron chi connectivity index (χ1n) is 7.74. The number of anilines is 1. The summed E-state index contributed by atoms with van der Waals surface area (Å²) in [5.74, 6) is 1.06. The summed E-state index contributed by atoms with van der Waals surface area (Å²) in [5.41, 5.74) is 7.54. The average Bonchev–Trinajstić information content (AvgIpc) is 2.65. The van der Waals surface area contributed by atoms with Gasteiger partial charge in [-0.05, 0) is 48.9 Å². The first-order chi connectivity index (χ1) is 12.5. The quantitative estimate of drug-likeness (QED) is 0.527. The number of methoxy groups -OCH3 is 2. The fourth-order valence-corrected chi connectivity index (χ4v) is 2.65. The molecule has 0 saturated heterocycles. The van der Waals surface area contributed by atoms with Crippen LogP contribution >= 0.6 is 11.6 Å². The van der Waals surface area contributed by atoms with Crippen molar-refractivity contribution in [1.82, 2.24) is 15.4 Å². The Kier molecular flexibility index (Phi) is 5.09. The third-order valence-corrected chi connectivity index (χ3v) is 3.93. The lowest BCUT2D eigenvalue weighted by molar-refractivity contribution is 0.0962. The third-order valence-electron chi connectivity index (χ3n) is 3.76. The normalized spacial score (nSPS) is 10.5. The number of hydrazine groups is 1. The Morgan fingerprint density at radius 1 is 1.04 bits per heavy atom. The van der Waals surface area contributed by atoms with Gasteiger partial charge in [0.05, 0.1) is 19.7 Å². The van der Waals surface area contributed by atoms with Gasteiger partial charge in [-0.2, -0.15) is 4.98 Å². The van der Waals surface area contributed by atoms with Gasteiger partial charge in [0.1, 0.15) is 0 Å². The highest BCUT2D eigenvalue weighted by Crippen LogP contribution is 2.27. The predicted molar refractivity (Wildman–Crippen MR) is 99.9 cm³/mol. The van der Waals surface area contributed by atoms with Crippen molar-refractivity contribution in [3.63, 3.8) is 0 Å². The van der Waals surface area contributed by atoms with Crippen molar-refractivity contribution in [2.75, 3.05) is 19.6 Å². The molecular weight excluding hydrogens is 356 g/mol. The lowest BCUT2D eigenvalue weighted by atomic mass is 10.1. The first-order valence-corrected chi connectivity index (χ1v) is 8.12. The van der Waals surface area contributed by atoms with Gasteiger partial charge in [-0.3, -0.25) is 15.6 Å². The second-order valence-electron chi connectivity index (χ2n) is 5.51. The van der Waals surface area contributed by atoms with Crippen LogP contribution in [0.4, 0.5) is 5.82 Å². The highest BCUT2D eigenvalue weighted by Gasteiger charge is 2.12. The molecule has 1 aromatic heterocycles. The number of ether oxygens (including phenoxy) is 2. The van der Waals surface area contributed by atoms with E-state index in [1.54, 1.807) is 18.2 Å². The summed E-state index contributed by atoms with van der Waals surface area (Å²) in [7, 11) is 3.04. The van der Waals surface area contributed by atoms with Crippen molar-refractivity contribution in [1.29, 1.82) is 0 Å². The summed E-state index contributed by atoms with van der Waals surface area (Å²) >= 11 is 5.96. The van der Waals surface area contributed by atoms with E-state index < -0.39 is 0 Å². The van der Waals surface area contributed by atoms with Crippen LogP contribution in [-0.2, 0) is 0 Å². The molecule has 1 amide bonds. The number of aryl methyl sites for hydroxylation is 1. The molecule has 0 spiro atoms. The smallest absolute Gasteiger partial charge is 0.269 e. The van der Waals surface area contributed by atoms with E-state index >= 15 is 0 Å². The highest BCUT2D eigenvalue weighted by atomic mass is 35.5. The van der Waals surface area contributed by atoms with E-state index in [2.05, 4.69) is 20.8 Å². The molecule has 3 rings (SSSR count). The fourth-order valence-electron chi connectivity index (χ4n) is 2.47. The lowest BCUT2D eigenvalue weighted by Crippen LogP contribution is -2.30. The van der Waals surface area contributed by atoms with Gasteiger partial charge in [-0.15, -0.1) is 0 Å². The van der Waals surface area contributed by atoms with Crippen LogP contribution in [0.15, 0.2) is 36.4 Å². The summed E-state index contributed by atoms with van der Waals surface area (Å²) in [5, 5.41) is 0.839. The second kappa shape index (κ2) is 7.45. The van der Waals surface area contributed by atoms with Crippen LogP contribution in [0.5, 0.6) is 11.5 Å². The van der Waals surface area contributed by atoms with Gasteiger partial charge in [0.25, 0.3) is 5.91 Å². The molecule has 0 aliphatic heterocycles. The maximum atomic E-state index is 12.4. The number of rotatable bonds is 5. The van der Waals surface area contributed by atoms with Gasteiger partial charge in [-0.1, -0.05) is 11.6 Å². The summed E-state index contributed by atoms with van der Waals surface area (Å²) < 4.78 is 10.4. The van der Waals surface area contributed by atoms with Crippen LogP contribution in [-0.4, -0.2) is 30.1 Å². The van der Waals surface area contributed by atoms with E-state index in [0.717, 1.165) is 10.9 Å². The van der Waals surface area contributed by atoms with Gasteiger partial charge in [0, 0.05) is 10.9 Å². The van der Waals surface area contributed by atoms with E-state index in [4.69, 9.17) is 21.1 Å². The molecule has 2 N–H and O–H groups in total. The van der Waals surface area contributed by atoms with Crippen molar-refractivity contribution in [2.45, 2.75) is 6.92 Å². The summed E-state index contributed by atoms with van der Waals surface area (Å²) in [6.45, 7) is 1.96. The van der Waals surface area contributed by atoms with E-state index in [0.29, 0.717) is 28.4 Å². The first kappa shape index (κ1) is 17.8. The maximum absolute atomic E-state index is 12.4. The van der Waals surface area contributed by atoms with E-state index in [1.165, 1.54) is 14.2 Å². The molecule has 0 radical (unpaired) electrons. The zero-order valence-corrected chi connectivity index (χ0v) is 15.2. The van der Waals surface area contributed by atoms with Crippen LogP contribution in [0.2, 0.25) is 5.28 Å². The van der Waals surface area contributed by atoms with Gasteiger partial charge in [-0.25, -0.2) is 4.98 Å². The van der Waals surface area contributed by atoms with Crippen molar-refractivity contribution in [2.24, 2.45) is 0 Å². The zero-order chi connectivity index (χ0) is 18.7. The monoisotopic (exact) mass is 372 g/mol. The molecule has 0 aliphatic rings. The number of nitrogens with zero attached hydrogens (tertiary/aromatic N) is 2. The number of carbonyl (C=O) groups excluding carboxylic acids is 1. The number of amides is 1. The molecular formula is C18H17ClN4O3. The number of halogens is 1. The molecule has 0 fully saturated rings. The Balaban J connectivity index is 1.84. The summed E-state index contributed by atoms with van der Waals surface area (Å²) in [6.07, 6.45) is 0. The SMILES string of the molecule is COc1ccc(C(=O)NNc2nc(Cl)nc3ccc(C)cc23)cc1OC. The van der Waals surface area contributed by atoms with Crippen molar-refractivity contribution < 1.29 is 14.3 Å². The van der Waals surface area contributed by atoms with Gasteiger partial charge in [0.15, 0.2) is 17.3 Å². The Labute approximate surface area is 155 Å². The molecule has 0 atom stereocenters. The zero-order valence-electron chi connectivity index (χ0n) is 14.5. The minimum absolute atomic E-state index is 0.0872. The van der Waals surface area contributed by atoms with Crippen LogP contribution < -0.4 is 20.3 Å². The Morgan fingerprint density at radius 2 is 1.81 bits per heavy atom. The Bertz CT molecular complexity index is 978. The molecule has 0 bridgehead atoms. The third kappa shape index (κ3) is 3.62. The summed E-state index contributed by atoms with van der Waals surface area (Å²) in [4.78, 5) is 20.8. The number of fused-ring (bicyclic) bond motifs is 1. The number of benzene rings is 2. The topological polar surface area (TPSA) is 85.4 Å². The molecule has 3 aromatic rings. The number of hydrogen-bond acceptors (Lipinski definition) is 6. The highest BCUT2D eigenvalue weighted by molar-refractivity contribution is 6.28. The van der Waals surface area contributed by atoms with Crippen molar-refractivity contribution in [3.05, 3.63) is 52.8 Å². The largest absolute Gasteiger partial charge is 0.493 e. The fraction of sp³-hybridized carbons (Fsp3) is 0.167. The Hall–Kier alpha value is -3.06. The summed E-state index contributed by atoms with van der Waals surface area (Å²) in [6, 6.07) is 10.6. The van der Waals surface area contributed by atoms with Crippen LogP contribution in [0.25, 0.3) is 10.9 Å². The molecule has 8 heteroatoms. The molecule has 0 unspecified atom stereocenters. The van der Waals surface area contributed by atoms with Crippen molar-refractivity contribution >= 4 is 34.2 Å². The van der Waals surface area contributed by atoms with Crippen molar-refractivity contribution in [3.8, 4) is 11.5 Å². The molecule has 134 valence electrons. The molecule has 2 aromatic carbocycles. The van der Waals surface area contributed by atoms with E-state index in [-0.39, 0.29) is 11.2 Å². The van der Waals surface area contributed by atoms with Crippen LogP contribution in [0.1, 0.15) is 15.9 Å². The standard InChI is InChI=1S/C18H17ClN4O3/c1-10-4-6-13-12(8-10)16(21-18(19)20-13)22-23-17(24)11-5-7-14(25-2)15(9-11)26-3/h4-9H,1-3H3,(H,23,24)(H,20,21,22). The van der Waals surface area contributed by atoms with E-state index in [1.807, 2.05) is 25.1 Å². The van der Waals surface area contributed by atoms with Gasteiger partial charge < -0.3 is 9.47 Å². The molecule has 1 heterocycles. The predicted octanol–water partition coefficient (Wildman–Crippen LogP) is 3.37. The number of nitrogens with one attached hydrogen (secondary N) is 2. The minimum Gasteiger partial charge on any atom is -0.493 e. The lowest BCUT2D eigenvalue weighted by Gasteiger charge is -2.12.